The zero-order valence-corrected chi connectivity index (χ0v) is 20.0. The van der Waals surface area contributed by atoms with Gasteiger partial charge in [-0.2, -0.15) is 0 Å². The zero-order valence-electron chi connectivity index (χ0n) is 17.6. The molecule has 5 nitrogen and oxygen atoms in total. The van der Waals surface area contributed by atoms with Crippen LogP contribution in [0.3, 0.4) is 0 Å². The van der Waals surface area contributed by atoms with E-state index in [-0.39, 0.29) is 0 Å². The number of aromatic nitrogens is 2. The molecule has 0 bridgehead atoms. The monoisotopic (exact) mass is 450 g/mol. The molecular weight excluding hydrogens is 420 g/mol. The van der Waals surface area contributed by atoms with Crippen molar-refractivity contribution in [1.29, 1.82) is 0 Å². The van der Waals surface area contributed by atoms with Crippen molar-refractivity contribution in [3.63, 3.8) is 0 Å². The maximum Gasteiger partial charge on any atom is 0.145 e. The van der Waals surface area contributed by atoms with Crippen LogP contribution in [0.1, 0.15) is 43.5 Å². The van der Waals surface area contributed by atoms with Crippen LogP contribution < -0.4 is 0 Å². The van der Waals surface area contributed by atoms with Gasteiger partial charge in [0, 0.05) is 36.4 Å². The molecule has 1 unspecified atom stereocenters. The Labute approximate surface area is 187 Å². The van der Waals surface area contributed by atoms with Gasteiger partial charge in [0.1, 0.15) is 20.0 Å². The first kappa shape index (κ1) is 21.4. The first-order valence-corrected chi connectivity index (χ1v) is 12.7. The van der Waals surface area contributed by atoms with Crippen molar-refractivity contribution < 1.29 is 4.74 Å². The Bertz CT molecular complexity index is 874. The highest BCUT2D eigenvalue weighted by Crippen LogP contribution is 2.41. The molecule has 2 aliphatic rings. The molecule has 1 fully saturated rings. The van der Waals surface area contributed by atoms with Crippen LogP contribution in [-0.2, 0) is 24.1 Å². The molecule has 2 aromatic rings. The lowest BCUT2D eigenvalue weighted by Gasteiger charge is -2.26. The number of thioether (sulfide) groups is 1. The maximum absolute atomic E-state index is 5.78. The zero-order chi connectivity index (χ0) is 20.4. The summed E-state index contributed by atoms with van der Waals surface area (Å²) in [5.74, 6) is 1.67. The SMILES string of the molecule is CCN(CC)C(=S)Sc1nc(CN2CCOCC2)nc2sc3c(c12)CCC(C)C3. The molecular formula is C21H30N4OS3. The average molecular weight is 451 g/mol. The van der Waals surface area contributed by atoms with E-state index in [2.05, 4.69) is 30.6 Å². The minimum absolute atomic E-state index is 0.754. The summed E-state index contributed by atoms with van der Waals surface area (Å²) in [4.78, 5) is 17.3. The molecule has 0 radical (unpaired) electrons. The van der Waals surface area contributed by atoms with Crippen molar-refractivity contribution in [2.45, 2.75) is 51.6 Å². The van der Waals surface area contributed by atoms with Crippen LogP contribution in [0.5, 0.6) is 0 Å². The normalized spacial score (nSPS) is 20.0. The Balaban J connectivity index is 1.71. The van der Waals surface area contributed by atoms with Crippen molar-refractivity contribution in [3.8, 4) is 0 Å². The van der Waals surface area contributed by atoms with Gasteiger partial charge < -0.3 is 9.64 Å². The van der Waals surface area contributed by atoms with Gasteiger partial charge in [-0.15, -0.1) is 11.3 Å². The predicted molar refractivity (Wildman–Crippen MR) is 126 cm³/mol. The Morgan fingerprint density at radius 2 is 2.03 bits per heavy atom. The highest BCUT2D eigenvalue weighted by molar-refractivity contribution is 8.23. The van der Waals surface area contributed by atoms with Gasteiger partial charge in [0.2, 0.25) is 0 Å². The van der Waals surface area contributed by atoms with Gasteiger partial charge in [0.15, 0.2) is 0 Å². The van der Waals surface area contributed by atoms with Gasteiger partial charge in [-0.25, -0.2) is 9.97 Å². The lowest BCUT2D eigenvalue weighted by Crippen LogP contribution is -2.36. The van der Waals surface area contributed by atoms with Gasteiger partial charge in [0.05, 0.1) is 19.8 Å². The lowest BCUT2D eigenvalue weighted by atomic mass is 9.89. The van der Waals surface area contributed by atoms with E-state index in [9.17, 15) is 0 Å². The fraction of sp³-hybridized carbons (Fsp3) is 0.667. The highest BCUT2D eigenvalue weighted by atomic mass is 32.2. The van der Waals surface area contributed by atoms with Crippen LogP contribution in [-0.4, -0.2) is 63.5 Å². The van der Waals surface area contributed by atoms with Gasteiger partial charge in [-0.3, -0.25) is 4.90 Å². The highest BCUT2D eigenvalue weighted by Gasteiger charge is 2.25. The van der Waals surface area contributed by atoms with Crippen LogP contribution in [0.2, 0.25) is 0 Å². The van der Waals surface area contributed by atoms with Gasteiger partial charge in [-0.1, -0.05) is 19.1 Å². The number of thiocarbonyl (C=S) groups is 1. The van der Waals surface area contributed by atoms with Crippen molar-refractivity contribution in [2.24, 2.45) is 5.92 Å². The van der Waals surface area contributed by atoms with Gasteiger partial charge >= 0.3 is 0 Å². The van der Waals surface area contributed by atoms with Crippen molar-refractivity contribution in [1.82, 2.24) is 19.8 Å². The number of morpholine rings is 1. The average Bonchev–Trinajstić information content (AvgIpc) is 3.07. The molecule has 0 spiro atoms. The smallest absolute Gasteiger partial charge is 0.145 e. The Hall–Kier alpha value is -0.800. The van der Waals surface area contributed by atoms with E-state index < -0.39 is 0 Å². The van der Waals surface area contributed by atoms with Crippen molar-refractivity contribution >= 4 is 49.9 Å². The summed E-state index contributed by atoms with van der Waals surface area (Å²) in [6, 6.07) is 0. The van der Waals surface area contributed by atoms with E-state index in [0.29, 0.717) is 0 Å². The van der Waals surface area contributed by atoms with E-state index >= 15 is 0 Å². The maximum atomic E-state index is 5.78. The van der Waals surface area contributed by atoms with Crippen LogP contribution in [0, 0.1) is 5.92 Å². The predicted octanol–water partition coefficient (Wildman–Crippen LogP) is 4.37. The summed E-state index contributed by atoms with van der Waals surface area (Å²) < 4.78 is 6.41. The lowest BCUT2D eigenvalue weighted by molar-refractivity contribution is 0.0330. The van der Waals surface area contributed by atoms with Crippen molar-refractivity contribution in [3.05, 3.63) is 16.3 Å². The molecule has 29 heavy (non-hydrogen) atoms. The minimum atomic E-state index is 0.754. The fourth-order valence-corrected chi connectivity index (χ4v) is 7.07. The van der Waals surface area contributed by atoms with E-state index in [4.69, 9.17) is 26.9 Å². The molecule has 1 aliphatic carbocycles. The first-order chi connectivity index (χ1) is 14.1. The number of ether oxygens (including phenoxy) is 1. The Morgan fingerprint density at radius 3 is 2.76 bits per heavy atom. The van der Waals surface area contributed by atoms with Crippen LogP contribution in [0.4, 0.5) is 0 Å². The Morgan fingerprint density at radius 1 is 1.28 bits per heavy atom. The largest absolute Gasteiger partial charge is 0.379 e. The standard InChI is InChI=1S/C21H30N4OS3/c1-4-25(5-2)21(27)29-20-18-15-7-6-14(3)12-16(15)28-19(18)22-17(23-20)13-24-8-10-26-11-9-24/h14H,4-13H2,1-3H3. The second-order valence-corrected chi connectivity index (χ2v) is 10.6. The number of nitrogens with zero attached hydrogens (tertiary/aromatic N) is 4. The third kappa shape index (κ3) is 4.77. The van der Waals surface area contributed by atoms with Gasteiger partial charge in [-0.05, 0) is 56.4 Å². The molecule has 4 rings (SSSR count). The summed E-state index contributed by atoms with van der Waals surface area (Å²) in [5, 5.41) is 2.32. The van der Waals surface area contributed by atoms with E-state index in [1.165, 1.54) is 28.7 Å². The van der Waals surface area contributed by atoms with E-state index in [1.54, 1.807) is 11.8 Å². The number of thiophene rings is 1. The number of fused-ring (bicyclic) bond motifs is 3. The van der Waals surface area contributed by atoms with Crippen LogP contribution >= 0.6 is 35.3 Å². The molecule has 1 aliphatic heterocycles. The summed E-state index contributed by atoms with van der Waals surface area (Å²) in [7, 11) is 0. The fourth-order valence-electron chi connectivity index (χ4n) is 4.08. The summed E-state index contributed by atoms with van der Waals surface area (Å²) in [6.07, 6.45) is 3.55. The topological polar surface area (TPSA) is 41.5 Å². The molecule has 0 N–H and O–H groups in total. The molecule has 0 aromatic carbocycles. The number of hydrogen-bond donors (Lipinski definition) is 0. The van der Waals surface area contributed by atoms with E-state index in [1.807, 2.05) is 11.3 Å². The number of aryl methyl sites for hydroxylation is 1. The molecule has 3 heterocycles. The molecule has 2 aromatic heterocycles. The first-order valence-electron chi connectivity index (χ1n) is 10.7. The quantitative estimate of drug-likeness (QED) is 0.381. The molecule has 0 saturated carbocycles. The van der Waals surface area contributed by atoms with Crippen LogP contribution in [0.25, 0.3) is 10.2 Å². The molecule has 0 amide bonds. The van der Waals surface area contributed by atoms with Crippen molar-refractivity contribution in [2.75, 3.05) is 39.4 Å². The Kier molecular flexibility index (Phi) is 7.06. The molecule has 8 heteroatoms. The second kappa shape index (κ2) is 9.56. The minimum Gasteiger partial charge on any atom is -0.379 e. The molecule has 1 saturated heterocycles. The number of hydrogen-bond acceptors (Lipinski definition) is 7. The third-order valence-corrected chi connectivity index (χ3v) is 8.42. The van der Waals surface area contributed by atoms with Crippen LogP contribution in [0.15, 0.2) is 5.03 Å². The third-order valence-electron chi connectivity index (χ3n) is 5.84. The second-order valence-electron chi connectivity index (χ2n) is 7.91. The summed E-state index contributed by atoms with van der Waals surface area (Å²) >= 11 is 9.31. The summed E-state index contributed by atoms with van der Waals surface area (Å²) in [5.41, 5.74) is 1.48. The van der Waals surface area contributed by atoms with E-state index in [0.717, 1.165) is 78.3 Å². The molecule has 158 valence electrons. The number of rotatable bonds is 5. The van der Waals surface area contributed by atoms with Gasteiger partial charge in [0.25, 0.3) is 0 Å². The summed E-state index contributed by atoms with van der Waals surface area (Å²) in [6.45, 7) is 12.8. The molecule has 1 atom stereocenters.